The van der Waals surface area contributed by atoms with Crippen LogP contribution >= 0.6 is 0 Å². The number of nitrogens with zero attached hydrogens (tertiary/aromatic N) is 3. The molecule has 8 nitrogen and oxygen atoms in total. The number of nitrogens with one attached hydrogen (secondary N) is 2. The second-order valence-corrected chi connectivity index (χ2v) is 8.69. The van der Waals surface area contributed by atoms with Crippen LogP contribution in [0.5, 0.6) is 0 Å². The highest BCUT2D eigenvalue weighted by Gasteiger charge is 2.28. The van der Waals surface area contributed by atoms with Crippen LogP contribution in [0.1, 0.15) is 53.4 Å². The van der Waals surface area contributed by atoms with Crippen molar-refractivity contribution >= 4 is 18.0 Å². The molecule has 160 valence electrons. The van der Waals surface area contributed by atoms with E-state index < -0.39 is 5.60 Å². The number of ether oxygens (including phenoxy) is 1. The summed E-state index contributed by atoms with van der Waals surface area (Å²) in [5.41, 5.74) is -0.453. The van der Waals surface area contributed by atoms with E-state index in [0.29, 0.717) is 12.3 Å². The van der Waals surface area contributed by atoms with Crippen molar-refractivity contribution in [2.45, 2.75) is 65.0 Å². The fraction of sp³-hybridized carbons (Fsp3) is 0.850. The Labute approximate surface area is 169 Å². The highest BCUT2D eigenvalue weighted by Crippen LogP contribution is 2.19. The lowest BCUT2D eigenvalue weighted by molar-refractivity contribution is -0.129. The Hall–Kier alpha value is -1.99. The normalized spacial score (nSPS) is 21.6. The van der Waals surface area contributed by atoms with Crippen LogP contribution in [0.4, 0.5) is 4.79 Å². The van der Waals surface area contributed by atoms with Gasteiger partial charge in [0.25, 0.3) is 0 Å². The molecule has 8 heteroatoms. The van der Waals surface area contributed by atoms with Crippen LogP contribution in [0.15, 0.2) is 4.99 Å². The van der Waals surface area contributed by atoms with Gasteiger partial charge in [0.15, 0.2) is 5.96 Å². The van der Waals surface area contributed by atoms with E-state index in [1.54, 1.807) is 11.9 Å². The molecule has 2 heterocycles. The molecule has 0 aromatic carbocycles. The smallest absolute Gasteiger partial charge is 0.410 e. The monoisotopic (exact) mass is 395 g/mol. The van der Waals surface area contributed by atoms with Crippen molar-refractivity contribution in [3.8, 4) is 0 Å². The summed E-state index contributed by atoms with van der Waals surface area (Å²) in [7, 11) is 1.77. The molecular weight excluding hydrogens is 358 g/mol. The third kappa shape index (κ3) is 6.87. The van der Waals surface area contributed by atoms with Gasteiger partial charge < -0.3 is 25.2 Å². The first-order valence-corrected chi connectivity index (χ1v) is 10.4. The summed E-state index contributed by atoms with van der Waals surface area (Å²) in [5.74, 6) is 1.49. The zero-order valence-corrected chi connectivity index (χ0v) is 18.1. The molecule has 0 saturated carbocycles. The predicted octanol–water partition coefficient (Wildman–Crippen LogP) is 1.81. The zero-order valence-electron chi connectivity index (χ0n) is 18.1. The Balaban J connectivity index is 1.69. The molecule has 0 spiro atoms. The molecule has 0 aromatic heterocycles. The number of carbonyl (C=O) groups is 2. The van der Waals surface area contributed by atoms with E-state index in [2.05, 4.69) is 15.6 Å². The molecule has 0 radical (unpaired) electrons. The molecular formula is C20H37N5O3. The molecule has 0 bridgehead atoms. The average Bonchev–Trinajstić information content (AvgIpc) is 3.12. The van der Waals surface area contributed by atoms with Crippen molar-refractivity contribution < 1.29 is 14.3 Å². The molecule has 2 aliphatic heterocycles. The van der Waals surface area contributed by atoms with E-state index in [9.17, 15) is 9.59 Å². The first kappa shape index (κ1) is 22.3. The van der Waals surface area contributed by atoms with Gasteiger partial charge in [0.05, 0.1) is 0 Å². The van der Waals surface area contributed by atoms with Crippen molar-refractivity contribution in [2.24, 2.45) is 10.9 Å². The van der Waals surface area contributed by atoms with Crippen LogP contribution < -0.4 is 10.6 Å². The molecule has 2 fully saturated rings. The van der Waals surface area contributed by atoms with E-state index in [1.807, 2.05) is 32.6 Å². The standard InChI is InChI=1S/C20H37N5O3/c1-6-17(26)25-12-9-16(14-25)23-18(21-5)22-13-15-7-10-24(11-8-15)19(27)28-20(2,3)4/h15-16H,6-14H2,1-5H3,(H2,21,22,23). The van der Waals surface area contributed by atoms with Gasteiger partial charge in [-0.25, -0.2) is 4.79 Å². The molecule has 2 saturated heterocycles. The van der Waals surface area contributed by atoms with Crippen molar-refractivity contribution in [2.75, 3.05) is 39.8 Å². The summed E-state index contributed by atoms with van der Waals surface area (Å²) in [6.45, 7) is 11.4. The first-order valence-electron chi connectivity index (χ1n) is 10.4. The van der Waals surface area contributed by atoms with E-state index in [0.717, 1.165) is 57.9 Å². The lowest BCUT2D eigenvalue weighted by atomic mass is 9.97. The van der Waals surface area contributed by atoms with Gasteiger partial charge in [-0.2, -0.15) is 0 Å². The quantitative estimate of drug-likeness (QED) is 0.560. The summed E-state index contributed by atoms with van der Waals surface area (Å²) in [6.07, 6.45) is 3.18. The first-order chi connectivity index (χ1) is 13.2. The van der Waals surface area contributed by atoms with Gasteiger partial charge in [-0.05, 0) is 46.0 Å². The van der Waals surface area contributed by atoms with Gasteiger partial charge in [-0.1, -0.05) is 6.92 Å². The largest absolute Gasteiger partial charge is 0.444 e. The van der Waals surface area contributed by atoms with Crippen LogP contribution in [0.3, 0.4) is 0 Å². The fourth-order valence-electron chi connectivity index (χ4n) is 3.60. The minimum absolute atomic E-state index is 0.212. The Morgan fingerprint density at radius 1 is 1.11 bits per heavy atom. The van der Waals surface area contributed by atoms with Crippen molar-refractivity contribution in [3.05, 3.63) is 0 Å². The number of hydrogen-bond acceptors (Lipinski definition) is 4. The average molecular weight is 396 g/mol. The van der Waals surface area contributed by atoms with E-state index in [4.69, 9.17) is 4.74 Å². The summed E-state index contributed by atoms with van der Waals surface area (Å²) < 4.78 is 5.45. The van der Waals surface area contributed by atoms with Crippen LogP contribution in [0.2, 0.25) is 0 Å². The third-order valence-electron chi connectivity index (χ3n) is 5.23. The highest BCUT2D eigenvalue weighted by atomic mass is 16.6. The summed E-state index contributed by atoms with van der Waals surface area (Å²) in [4.78, 5) is 32.0. The minimum Gasteiger partial charge on any atom is -0.444 e. The highest BCUT2D eigenvalue weighted by molar-refractivity contribution is 5.80. The van der Waals surface area contributed by atoms with Gasteiger partial charge >= 0.3 is 6.09 Å². The van der Waals surface area contributed by atoms with Crippen molar-refractivity contribution in [3.63, 3.8) is 0 Å². The number of amides is 2. The molecule has 28 heavy (non-hydrogen) atoms. The molecule has 0 aromatic rings. The van der Waals surface area contributed by atoms with Crippen molar-refractivity contribution in [1.29, 1.82) is 0 Å². The predicted molar refractivity (Wildman–Crippen MR) is 110 cm³/mol. The lowest BCUT2D eigenvalue weighted by Crippen LogP contribution is -2.48. The summed E-state index contributed by atoms with van der Waals surface area (Å²) in [6, 6.07) is 0.246. The number of guanidine groups is 1. The van der Waals surface area contributed by atoms with Crippen LogP contribution in [-0.4, -0.2) is 79.2 Å². The summed E-state index contributed by atoms with van der Waals surface area (Å²) >= 11 is 0. The molecule has 2 amide bonds. The van der Waals surface area contributed by atoms with Gasteiger partial charge in [0.2, 0.25) is 5.91 Å². The Bertz CT molecular complexity index is 565. The Kier molecular flexibility index (Phi) is 7.95. The van der Waals surface area contributed by atoms with Crippen LogP contribution in [0, 0.1) is 5.92 Å². The molecule has 2 N–H and O–H groups in total. The van der Waals surface area contributed by atoms with Gasteiger partial charge in [-0.3, -0.25) is 9.79 Å². The molecule has 1 unspecified atom stereocenters. The van der Waals surface area contributed by atoms with Gasteiger partial charge in [0, 0.05) is 52.2 Å². The lowest BCUT2D eigenvalue weighted by Gasteiger charge is -2.33. The number of likely N-dealkylation sites (tertiary alicyclic amines) is 2. The maximum absolute atomic E-state index is 12.2. The maximum Gasteiger partial charge on any atom is 0.410 e. The third-order valence-corrected chi connectivity index (χ3v) is 5.23. The number of hydrogen-bond donors (Lipinski definition) is 2. The maximum atomic E-state index is 12.2. The Morgan fingerprint density at radius 2 is 1.75 bits per heavy atom. The number of piperidine rings is 1. The van der Waals surface area contributed by atoms with Crippen molar-refractivity contribution in [1.82, 2.24) is 20.4 Å². The number of rotatable bonds is 4. The SMILES string of the molecule is CCC(=O)N1CCC(NC(=NC)NCC2CCN(C(=O)OC(C)(C)C)CC2)C1. The van der Waals surface area contributed by atoms with E-state index >= 15 is 0 Å². The molecule has 2 rings (SSSR count). The van der Waals surface area contributed by atoms with Gasteiger partial charge in [-0.15, -0.1) is 0 Å². The summed E-state index contributed by atoms with van der Waals surface area (Å²) in [5, 5.41) is 6.83. The number of aliphatic imine (C=N–C) groups is 1. The second-order valence-electron chi connectivity index (χ2n) is 8.69. The Morgan fingerprint density at radius 3 is 2.32 bits per heavy atom. The topological polar surface area (TPSA) is 86.3 Å². The van der Waals surface area contributed by atoms with E-state index in [1.165, 1.54) is 0 Å². The second kappa shape index (κ2) is 9.98. The molecule has 0 aliphatic carbocycles. The van der Waals surface area contributed by atoms with Crippen LogP contribution in [-0.2, 0) is 9.53 Å². The van der Waals surface area contributed by atoms with Gasteiger partial charge in [0.1, 0.15) is 5.60 Å². The van der Waals surface area contributed by atoms with E-state index in [-0.39, 0.29) is 18.0 Å². The molecule has 2 aliphatic rings. The minimum atomic E-state index is -0.453. The molecule has 1 atom stereocenters. The van der Waals surface area contributed by atoms with Crippen LogP contribution in [0.25, 0.3) is 0 Å². The number of carbonyl (C=O) groups excluding carboxylic acids is 2. The fourth-order valence-corrected chi connectivity index (χ4v) is 3.60. The zero-order chi connectivity index (χ0) is 20.7.